The Labute approximate surface area is 136 Å². The molecule has 20 heavy (non-hydrogen) atoms. The van der Waals surface area contributed by atoms with Gasteiger partial charge >= 0.3 is 0 Å². The number of nitrogens with two attached hydrogens (primary N) is 1. The lowest BCUT2D eigenvalue weighted by Crippen LogP contribution is -2.12. The number of halogens is 1. The maximum Gasteiger partial charge on any atom is 0.201 e. The van der Waals surface area contributed by atoms with E-state index in [4.69, 9.17) is 5.73 Å². The highest BCUT2D eigenvalue weighted by Crippen LogP contribution is 2.33. The molecule has 2 N–H and O–H groups in total. The molecule has 0 aliphatic carbocycles. The summed E-state index contributed by atoms with van der Waals surface area (Å²) in [5.74, 6) is 0.605. The summed E-state index contributed by atoms with van der Waals surface area (Å²) in [5.41, 5.74) is 8.29. The maximum atomic E-state index is 6.19. The van der Waals surface area contributed by atoms with Gasteiger partial charge in [0, 0.05) is 8.45 Å². The first kappa shape index (κ1) is 13.9. The number of nitrogens with zero attached hydrogens (tertiary/aromatic N) is 2. The molecule has 0 amide bonds. The van der Waals surface area contributed by atoms with Crippen molar-refractivity contribution >= 4 is 50.9 Å². The summed E-state index contributed by atoms with van der Waals surface area (Å²) in [6.45, 7) is 2.21. The predicted octanol–water partition coefficient (Wildman–Crippen LogP) is 4.67. The first-order valence-electron chi connectivity index (χ1n) is 6.67. The van der Waals surface area contributed by atoms with E-state index in [0.717, 1.165) is 23.9 Å². The lowest BCUT2D eigenvalue weighted by molar-refractivity contribution is 0.560. The van der Waals surface area contributed by atoms with Crippen LogP contribution in [0, 0.1) is 3.57 Å². The Balaban J connectivity index is 2.18. The highest BCUT2D eigenvalue weighted by Gasteiger charge is 2.19. The fraction of sp³-hybridized carbons (Fsp3) is 0.267. The topological polar surface area (TPSA) is 43.8 Å². The molecule has 0 bridgehead atoms. The molecule has 0 aliphatic heterocycles. The summed E-state index contributed by atoms with van der Waals surface area (Å²) < 4.78 is 3.36. The van der Waals surface area contributed by atoms with E-state index in [2.05, 4.69) is 74.8 Å². The van der Waals surface area contributed by atoms with Gasteiger partial charge in [0.05, 0.1) is 17.1 Å². The minimum atomic E-state index is 0.282. The molecule has 1 unspecified atom stereocenters. The molecule has 0 aliphatic rings. The first-order valence-corrected chi connectivity index (χ1v) is 8.63. The molecule has 3 nitrogen and oxygen atoms in total. The number of imidazole rings is 1. The average Bonchev–Trinajstić information content (AvgIpc) is 3.03. The quantitative estimate of drug-likeness (QED) is 0.650. The Hall–Kier alpha value is -1.08. The molecule has 104 valence electrons. The molecule has 0 saturated carbocycles. The van der Waals surface area contributed by atoms with Gasteiger partial charge in [0.1, 0.15) is 0 Å². The number of anilines is 1. The van der Waals surface area contributed by atoms with Gasteiger partial charge in [-0.15, -0.1) is 11.3 Å². The molecular weight excluding hydrogens is 381 g/mol. The van der Waals surface area contributed by atoms with E-state index >= 15 is 0 Å². The number of fused-ring (bicyclic) bond motifs is 1. The van der Waals surface area contributed by atoms with Crippen LogP contribution in [0.25, 0.3) is 11.0 Å². The largest absolute Gasteiger partial charge is 0.369 e. The summed E-state index contributed by atoms with van der Waals surface area (Å²) in [4.78, 5) is 5.87. The third kappa shape index (κ3) is 2.44. The van der Waals surface area contributed by atoms with Gasteiger partial charge < -0.3 is 10.3 Å². The lowest BCUT2D eigenvalue weighted by atomic mass is 10.1. The van der Waals surface area contributed by atoms with E-state index in [0.29, 0.717) is 5.95 Å². The third-order valence-corrected chi connectivity index (χ3v) is 5.07. The van der Waals surface area contributed by atoms with Crippen LogP contribution in [0.3, 0.4) is 0 Å². The molecule has 2 heterocycles. The monoisotopic (exact) mass is 397 g/mol. The maximum absolute atomic E-state index is 6.19. The van der Waals surface area contributed by atoms with Crippen molar-refractivity contribution in [3.05, 3.63) is 44.2 Å². The van der Waals surface area contributed by atoms with Gasteiger partial charge in [0.25, 0.3) is 0 Å². The molecule has 0 fully saturated rings. The van der Waals surface area contributed by atoms with Gasteiger partial charge in [0.15, 0.2) is 0 Å². The molecule has 0 spiro atoms. The summed E-state index contributed by atoms with van der Waals surface area (Å²) in [6, 6.07) is 10.9. The molecule has 5 heteroatoms. The van der Waals surface area contributed by atoms with Crippen molar-refractivity contribution < 1.29 is 0 Å². The van der Waals surface area contributed by atoms with E-state index < -0.39 is 0 Å². The predicted molar refractivity (Wildman–Crippen MR) is 94.2 cm³/mol. The number of aromatic nitrogens is 2. The van der Waals surface area contributed by atoms with Crippen LogP contribution in [0.5, 0.6) is 0 Å². The average molecular weight is 397 g/mol. The number of thiophene rings is 1. The van der Waals surface area contributed by atoms with Crippen molar-refractivity contribution in [2.24, 2.45) is 0 Å². The Bertz CT molecular complexity index is 718. The van der Waals surface area contributed by atoms with Crippen LogP contribution in [0.1, 0.15) is 30.7 Å². The van der Waals surface area contributed by atoms with Crippen LogP contribution in [0.15, 0.2) is 35.7 Å². The van der Waals surface area contributed by atoms with Crippen LogP contribution in [-0.2, 0) is 0 Å². The van der Waals surface area contributed by atoms with Gasteiger partial charge in [-0.05, 0) is 58.7 Å². The Morgan fingerprint density at radius 2 is 2.25 bits per heavy atom. The Morgan fingerprint density at radius 1 is 1.40 bits per heavy atom. The van der Waals surface area contributed by atoms with Gasteiger partial charge in [0.2, 0.25) is 5.95 Å². The van der Waals surface area contributed by atoms with Crippen LogP contribution < -0.4 is 5.73 Å². The van der Waals surface area contributed by atoms with Gasteiger partial charge in [-0.3, -0.25) is 0 Å². The van der Waals surface area contributed by atoms with Crippen molar-refractivity contribution in [2.45, 2.75) is 25.8 Å². The molecule has 0 radical (unpaired) electrons. The van der Waals surface area contributed by atoms with Crippen LogP contribution >= 0.6 is 33.9 Å². The molecular formula is C15H16IN3S. The smallest absolute Gasteiger partial charge is 0.201 e. The zero-order valence-electron chi connectivity index (χ0n) is 11.2. The standard InChI is InChI=1S/C15H16IN3S/c1-2-4-13(14-5-3-8-20-14)19-12-7-6-10(16)9-11(12)18-15(19)17/h3,5-9,13H,2,4H2,1H3,(H2,17,18). The van der Waals surface area contributed by atoms with Crippen molar-refractivity contribution in [3.8, 4) is 0 Å². The third-order valence-electron chi connectivity index (χ3n) is 3.42. The molecule has 1 atom stereocenters. The number of benzene rings is 1. The van der Waals surface area contributed by atoms with E-state index in [1.54, 1.807) is 11.3 Å². The number of hydrogen-bond donors (Lipinski definition) is 1. The minimum absolute atomic E-state index is 0.282. The minimum Gasteiger partial charge on any atom is -0.369 e. The van der Waals surface area contributed by atoms with Crippen molar-refractivity contribution in [3.63, 3.8) is 0 Å². The van der Waals surface area contributed by atoms with E-state index in [-0.39, 0.29) is 6.04 Å². The second-order valence-electron chi connectivity index (χ2n) is 4.79. The fourth-order valence-electron chi connectivity index (χ4n) is 2.57. The van der Waals surface area contributed by atoms with Crippen molar-refractivity contribution in [2.75, 3.05) is 5.73 Å². The van der Waals surface area contributed by atoms with Gasteiger partial charge in [-0.25, -0.2) is 4.98 Å². The summed E-state index contributed by atoms with van der Waals surface area (Å²) in [6.07, 6.45) is 2.19. The number of hydrogen-bond acceptors (Lipinski definition) is 3. The number of nitrogen functional groups attached to an aromatic ring is 1. The second kappa shape index (κ2) is 5.73. The first-order chi connectivity index (χ1) is 9.70. The Kier molecular flexibility index (Phi) is 3.98. The van der Waals surface area contributed by atoms with Gasteiger partial charge in [-0.1, -0.05) is 19.4 Å². The zero-order chi connectivity index (χ0) is 14.1. The number of rotatable bonds is 4. The molecule has 3 aromatic rings. The normalized spacial score (nSPS) is 12.9. The second-order valence-corrected chi connectivity index (χ2v) is 7.02. The molecule has 2 aromatic heterocycles. The van der Waals surface area contributed by atoms with Crippen LogP contribution in [0.4, 0.5) is 5.95 Å². The molecule has 3 rings (SSSR count). The Morgan fingerprint density at radius 3 is 2.95 bits per heavy atom. The van der Waals surface area contributed by atoms with Crippen molar-refractivity contribution in [1.82, 2.24) is 9.55 Å². The SMILES string of the molecule is CCCC(c1cccs1)n1c(N)nc2cc(I)ccc21. The van der Waals surface area contributed by atoms with E-state index in [1.807, 2.05) is 0 Å². The van der Waals surface area contributed by atoms with Crippen molar-refractivity contribution in [1.29, 1.82) is 0 Å². The van der Waals surface area contributed by atoms with E-state index in [1.165, 1.54) is 8.45 Å². The summed E-state index contributed by atoms with van der Waals surface area (Å²) >= 11 is 4.09. The van der Waals surface area contributed by atoms with Crippen LogP contribution in [-0.4, -0.2) is 9.55 Å². The molecule has 1 aromatic carbocycles. The summed E-state index contributed by atoms with van der Waals surface area (Å²) in [7, 11) is 0. The highest BCUT2D eigenvalue weighted by molar-refractivity contribution is 14.1. The fourth-order valence-corrected chi connectivity index (χ4v) is 3.90. The van der Waals surface area contributed by atoms with Crippen LogP contribution in [0.2, 0.25) is 0 Å². The van der Waals surface area contributed by atoms with Gasteiger partial charge in [-0.2, -0.15) is 0 Å². The lowest BCUT2D eigenvalue weighted by Gasteiger charge is -2.19. The van der Waals surface area contributed by atoms with E-state index in [9.17, 15) is 0 Å². The zero-order valence-corrected chi connectivity index (χ0v) is 14.2. The highest BCUT2D eigenvalue weighted by atomic mass is 127. The molecule has 0 saturated heterocycles. The summed E-state index contributed by atoms with van der Waals surface area (Å²) in [5, 5.41) is 2.12.